The molecular formula is C59H89N9O9. The van der Waals surface area contributed by atoms with Crippen molar-refractivity contribution >= 4 is 53.2 Å². The molecule has 18 heteroatoms. The van der Waals surface area contributed by atoms with Crippen LogP contribution in [-0.2, 0) is 56.0 Å². The third-order valence-corrected chi connectivity index (χ3v) is 15.6. The van der Waals surface area contributed by atoms with Gasteiger partial charge in [-0.1, -0.05) is 143 Å². The van der Waals surface area contributed by atoms with E-state index in [4.69, 9.17) is 0 Å². The highest BCUT2D eigenvalue weighted by molar-refractivity contribution is 5.99. The Morgan fingerprint density at radius 1 is 0.429 bits per heavy atom. The predicted octanol–water partition coefficient (Wildman–Crippen LogP) is 4.48. The van der Waals surface area contributed by atoms with Crippen LogP contribution >= 0.6 is 0 Å². The number of amides is 9. The molecule has 424 valence electrons. The molecule has 3 saturated heterocycles. The van der Waals surface area contributed by atoms with Crippen molar-refractivity contribution in [2.45, 2.75) is 201 Å². The minimum Gasteiger partial charge on any atom is -0.343 e. The van der Waals surface area contributed by atoms with Crippen molar-refractivity contribution in [3.8, 4) is 0 Å². The van der Waals surface area contributed by atoms with Crippen molar-refractivity contribution in [2.75, 3.05) is 13.1 Å². The first-order valence-corrected chi connectivity index (χ1v) is 28.4. The smallest absolute Gasteiger partial charge is 0.246 e. The molecular weight excluding hydrogens is 979 g/mol. The zero-order valence-electron chi connectivity index (χ0n) is 47.3. The Morgan fingerprint density at radius 2 is 0.792 bits per heavy atom. The number of nitrogens with one attached hydrogen (secondary N) is 7. The van der Waals surface area contributed by atoms with Crippen molar-refractivity contribution in [1.29, 1.82) is 0 Å². The van der Waals surface area contributed by atoms with E-state index in [0.29, 0.717) is 51.4 Å². The highest BCUT2D eigenvalue weighted by Gasteiger charge is 2.45. The molecule has 0 unspecified atom stereocenters. The fourth-order valence-corrected chi connectivity index (χ4v) is 10.6. The highest BCUT2D eigenvalue weighted by atomic mass is 16.2. The summed E-state index contributed by atoms with van der Waals surface area (Å²) < 4.78 is 0. The number of nitrogens with zero attached hydrogens (tertiary/aromatic N) is 2. The largest absolute Gasteiger partial charge is 0.343 e. The molecule has 3 heterocycles. The van der Waals surface area contributed by atoms with Gasteiger partial charge in [0.2, 0.25) is 53.2 Å². The summed E-state index contributed by atoms with van der Waals surface area (Å²) in [5, 5.41) is 20.5. The van der Waals surface area contributed by atoms with E-state index in [2.05, 4.69) is 37.2 Å². The Kier molecular flexibility index (Phi) is 23.5. The molecule has 2 aromatic carbocycles. The van der Waals surface area contributed by atoms with Gasteiger partial charge >= 0.3 is 0 Å². The molecule has 0 aliphatic carbocycles. The molecule has 9 amide bonds. The Hall–Kier alpha value is -6.33. The fourth-order valence-electron chi connectivity index (χ4n) is 10.6. The Morgan fingerprint density at radius 3 is 1.23 bits per heavy atom. The first kappa shape index (κ1) is 61.5. The van der Waals surface area contributed by atoms with E-state index in [1.165, 1.54) is 9.80 Å². The zero-order chi connectivity index (χ0) is 56.5. The van der Waals surface area contributed by atoms with Crippen molar-refractivity contribution in [3.63, 3.8) is 0 Å². The lowest BCUT2D eigenvalue weighted by Gasteiger charge is -2.35. The van der Waals surface area contributed by atoms with Crippen LogP contribution in [-0.4, -0.2) is 130 Å². The number of hydrogen-bond donors (Lipinski definition) is 7. The average Bonchev–Trinajstić information content (AvgIpc) is 4.12. The van der Waals surface area contributed by atoms with Gasteiger partial charge in [-0.2, -0.15) is 0 Å². The summed E-state index contributed by atoms with van der Waals surface area (Å²) in [7, 11) is 0. The Labute approximate surface area is 456 Å². The second kappa shape index (κ2) is 29.4. The topological polar surface area (TPSA) is 244 Å². The maximum Gasteiger partial charge on any atom is 0.246 e. The number of benzene rings is 2. The molecule has 77 heavy (non-hydrogen) atoms. The van der Waals surface area contributed by atoms with Crippen LogP contribution in [0.5, 0.6) is 0 Å². The van der Waals surface area contributed by atoms with Crippen LogP contribution in [0.25, 0.3) is 0 Å². The van der Waals surface area contributed by atoms with Crippen LogP contribution in [0.15, 0.2) is 60.7 Å². The quantitative estimate of drug-likeness (QED) is 0.133. The van der Waals surface area contributed by atoms with E-state index < -0.39 is 125 Å². The number of carbonyl (C=O) groups excluding carboxylic acids is 9. The number of aryl methyl sites for hydroxylation is 2. The van der Waals surface area contributed by atoms with Crippen LogP contribution in [0.1, 0.15) is 145 Å². The highest BCUT2D eigenvalue weighted by Crippen LogP contribution is 2.27. The van der Waals surface area contributed by atoms with Crippen molar-refractivity contribution < 1.29 is 43.2 Å². The van der Waals surface area contributed by atoms with Gasteiger partial charge in [0.05, 0.1) is 0 Å². The van der Waals surface area contributed by atoms with Gasteiger partial charge in [0.25, 0.3) is 0 Å². The fraction of sp³-hybridized carbons (Fsp3) is 0.644. The lowest BCUT2D eigenvalue weighted by atomic mass is 9.93. The minimum atomic E-state index is -1.18. The maximum atomic E-state index is 14.8. The van der Waals surface area contributed by atoms with Gasteiger partial charge in [0, 0.05) is 13.1 Å². The van der Waals surface area contributed by atoms with Gasteiger partial charge in [0.15, 0.2) is 0 Å². The van der Waals surface area contributed by atoms with Gasteiger partial charge < -0.3 is 47.0 Å². The third kappa shape index (κ3) is 17.3. The summed E-state index contributed by atoms with van der Waals surface area (Å²) in [5.74, 6) is -6.60. The molecule has 5 rings (SSSR count). The van der Waals surface area contributed by atoms with Crippen LogP contribution < -0.4 is 37.2 Å². The van der Waals surface area contributed by atoms with Crippen LogP contribution in [0.2, 0.25) is 0 Å². The number of rotatable bonds is 15. The van der Waals surface area contributed by atoms with Crippen LogP contribution in [0.3, 0.4) is 0 Å². The van der Waals surface area contributed by atoms with Gasteiger partial charge in [-0.15, -0.1) is 0 Å². The summed E-state index contributed by atoms with van der Waals surface area (Å²) in [6.45, 7) is 19.1. The summed E-state index contributed by atoms with van der Waals surface area (Å²) in [6.07, 6.45) is 4.05. The monoisotopic (exact) mass is 1070 g/mol. The molecule has 3 aliphatic rings. The molecule has 3 fully saturated rings. The molecule has 0 radical (unpaired) electrons. The van der Waals surface area contributed by atoms with Crippen LogP contribution in [0.4, 0.5) is 0 Å². The van der Waals surface area contributed by atoms with Gasteiger partial charge in [0.1, 0.15) is 54.4 Å². The third-order valence-electron chi connectivity index (χ3n) is 15.6. The second-order valence-corrected chi connectivity index (χ2v) is 22.9. The molecule has 11 atom stereocenters. The van der Waals surface area contributed by atoms with Crippen molar-refractivity contribution in [2.24, 2.45) is 29.6 Å². The van der Waals surface area contributed by atoms with Crippen LogP contribution in [0, 0.1) is 29.6 Å². The number of fused-ring (bicyclic) bond motifs is 2. The zero-order valence-corrected chi connectivity index (χ0v) is 47.3. The first-order chi connectivity index (χ1) is 36.6. The summed E-state index contributed by atoms with van der Waals surface area (Å²) in [5.41, 5.74) is 1.82. The minimum absolute atomic E-state index is 0.0804. The van der Waals surface area contributed by atoms with Gasteiger partial charge in [-0.05, 0) is 105 Å². The molecule has 0 spiro atoms. The lowest BCUT2D eigenvalue weighted by Crippen LogP contribution is -2.62. The summed E-state index contributed by atoms with van der Waals surface area (Å²) >= 11 is 0. The molecule has 7 N–H and O–H groups in total. The molecule has 3 aliphatic heterocycles. The van der Waals surface area contributed by atoms with E-state index in [-0.39, 0.29) is 50.6 Å². The SMILES string of the molecule is CC[C@H](C)[C@@H]1NC(=O)[C@H](CC(C)C)NC(=O)[C@H](CCc2ccccc2)NC(=O)[C@H](CCc2ccccc2)NC(=O)[C@@H]2CCCN2C(=O)[C@@H]2CCCN2C(=O)[C@H](C(C)C)NC(=O)[C@H](CC(C)C)NC(=O)[C@H]([C@@H](C)CC)NC1=O. The number of hydrogen-bond acceptors (Lipinski definition) is 9. The van der Waals surface area contributed by atoms with Crippen molar-refractivity contribution in [1.82, 2.24) is 47.0 Å². The van der Waals surface area contributed by atoms with E-state index >= 15 is 0 Å². The second-order valence-electron chi connectivity index (χ2n) is 22.9. The lowest BCUT2D eigenvalue weighted by molar-refractivity contribution is -0.148. The summed E-state index contributed by atoms with van der Waals surface area (Å²) in [6, 6.07) is 9.12. The van der Waals surface area contributed by atoms with Gasteiger partial charge in [-0.25, -0.2) is 0 Å². The molecule has 0 saturated carbocycles. The standard InChI is InChI=1S/C59H89N9O9/c1-11-38(9)49-56(74)63-45(34-36(5)6)53(71)64-48(37(7)8)59(77)68-32-20-26-47(68)58(76)67-31-19-25-46(67)55(73)61-43(30-28-41-23-17-14-18-24-41)51(69)60-42(29-27-40-21-15-13-16-22-40)52(70)62-44(33-35(3)4)54(72)65-50(39(10)12-2)57(75)66-49/h13-18,21-24,35-39,42-50H,11-12,19-20,25-34H2,1-10H3,(H,60,69)(H,61,73)(H,62,70)(H,63,74)(H,64,71)(H,65,72)(H,66,75)/t38-,39-,42-,43-,44-,45-,46-,47-,48-,49-,50-/m0/s1. The van der Waals surface area contributed by atoms with E-state index in [0.717, 1.165) is 11.1 Å². The maximum absolute atomic E-state index is 14.8. The Balaban J connectivity index is 1.59. The molecule has 0 bridgehead atoms. The molecule has 2 aromatic rings. The van der Waals surface area contributed by atoms with Crippen molar-refractivity contribution in [3.05, 3.63) is 71.8 Å². The molecule has 0 aromatic heterocycles. The van der Waals surface area contributed by atoms with E-state index in [9.17, 15) is 43.2 Å². The number of carbonyl (C=O) groups is 9. The van der Waals surface area contributed by atoms with E-state index in [1.54, 1.807) is 13.8 Å². The predicted molar refractivity (Wildman–Crippen MR) is 295 cm³/mol. The first-order valence-electron chi connectivity index (χ1n) is 28.4. The normalized spacial score (nSPS) is 26.9. The average molecular weight is 1070 g/mol. The molecule has 18 nitrogen and oxygen atoms in total. The van der Waals surface area contributed by atoms with Gasteiger partial charge in [-0.3, -0.25) is 43.2 Å². The Bertz CT molecular complexity index is 2330. The van der Waals surface area contributed by atoms with E-state index in [1.807, 2.05) is 116 Å². The summed E-state index contributed by atoms with van der Waals surface area (Å²) in [4.78, 5) is 135.